The van der Waals surface area contributed by atoms with Crippen LogP contribution in [0.5, 0.6) is 0 Å². The van der Waals surface area contributed by atoms with Crippen LogP contribution in [-0.2, 0) is 12.8 Å². The van der Waals surface area contributed by atoms with Crippen molar-refractivity contribution < 1.29 is 4.79 Å². The van der Waals surface area contributed by atoms with Crippen molar-refractivity contribution in [3.05, 3.63) is 28.0 Å². The monoisotopic (exact) mass is 302 g/mol. The number of rotatable bonds is 3. The van der Waals surface area contributed by atoms with Crippen LogP contribution in [0.15, 0.2) is 5.38 Å². The highest BCUT2D eigenvalue weighted by Crippen LogP contribution is 2.35. The van der Waals surface area contributed by atoms with Crippen molar-refractivity contribution in [3.63, 3.8) is 0 Å². The molecule has 1 saturated carbocycles. The van der Waals surface area contributed by atoms with Crippen molar-refractivity contribution in [2.24, 2.45) is 0 Å². The SMILES string of the molecule is Cc1csc(N(C(=O)c2n[nH]c3c2CCCC3)C2CC2)n1. The molecular formula is C15H18N4OS. The van der Waals surface area contributed by atoms with E-state index >= 15 is 0 Å². The first-order chi connectivity index (χ1) is 10.2. The Hall–Kier alpha value is -1.69. The summed E-state index contributed by atoms with van der Waals surface area (Å²) in [6.45, 7) is 1.96. The van der Waals surface area contributed by atoms with Crippen LogP contribution in [0.3, 0.4) is 0 Å². The van der Waals surface area contributed by atoms with E-state index in [1.54, 1.807) is 11.3 Å². The first kappa shape index (κ1) is 13.0. The average Bonchev–Trinajstić information content (AvgIpc) is 3.07. The molecule has 2 heterocycles. The second-order valence-electron chi connectivity index (χ2n) is 5.91. The Kier molecular flexibility index (Phi) is 3.06. The summed E-state index contributed by atoms with van der Waals surface area (Å²) in [6, 6.07) is 0.305. The number of aromatic amines is 1. The molecule has 2 aliphatic rings. The Bertz CT molecular complexity index is 686. The molecule has 2 aliphatic carbocycles. The molecule has 0 radical (unpaired) electrons. The van der Waals surface area contributed by atoms with Gasteiger partial charge in [0.1, 0.15) is 0 Å². The molecule has 0 atom stereocenters. The molecule has 1 N–H and O–H groups in total. The van der Waals surface area contributed by atoms with E-state index in [9.17, 15) is 4.79 Å². The third-order valence-corrected chi connectivity index (χ3v) is 5.16. The molecule has 6 heteroatoms. The minimum Gasteiger partial charge on any atom is -0.281 e. The number of nitrogens with one attached hydrogen (secondary N) is 1. The molecule has 21 heavy (non-hydrogen) atoms. The second-order valence-corrected chi connectivity index (χ2v) is 6.75. The number of H-pyrrole nitrogens is 1. The van der Waals surface area contributed by atoms with Crippen molar-refractivity contribution in [2.45, 2.75) is 51.5 Å². The van der Waals surface area contributed by atoms with Crippen LogP contribution < -0.4 is 4.90 Å². The zero-order valence-electron chi connectivity index (χ0n) is 12.1. The number of aryl methyl sites for hydroxylation is 2. The quantitative estimate of drug-likeness (QED) is 0.948. The highest BCUT2D eigenvalue weighted by Gasteiger charge is 2.38. The Balaban J connectivity index is 1.70. The molecule has 4 rings (SSSR count). The second kappa shape index (κ2) is 4.94. The lowest BCUT2D eigenvalue weighted by Crippen LogP contribution is -2.34. The lowest BCUT2D eigenvalue weighted by molar-refractivity contribution is 0.0979. The van der Waals surface area contributed by atoms with Crippen LogP contribution in [0, 0.1) is 6.92 Å². The number of carbonyl (C=O) groups excluding carboxylic acids is 1. The predicted molar refractivity (Wildman–Crippen MR) is 81.9 cm³/mol. The van der Waals surface area contributed by atoms with Gasteiger partial charge in [-0.15, -0.1) is 11.3 Å². The smallest absolute Gasteiger partial charge is 0.281 e. The fraction of sp³-hybridized carbons (Fsp3) is 0.533. The van der Waals surface area contributed by atoms with Gasteiger partial charge in [0, 0.05) is 22.7 Å². The zero-order valence-corrected chi connectivity index (χ0v) is 12.9. The molecule has 1 amide bonds. The Morgan fingerprint density at radius 2 is 2.19 bits per heavy atom. The Morgan fingerprint density at radius 1 is 1.38 bits per heavy atom. The minimum atomic E-state index is 0.0197. The standard InChI is InChI=1S/C15H18N4OS/c1-9-8-21-15(16-9)19(10-6-7-10)14(20)13-11-4-2-3-5-12(11)17-18-13/h8,10H,2-7H2,1H3,(H,17,18). The minimum absolute atomic E-state index is 0.0197. The number of anilines is 1. The van der Waals surface area contributed by atoms with Crippen molar-refractivity contribution in [1.82, 2.24) is 15.2 Å². The lowest BCUT2D eigenvalue weighted by Gasteiger charge is -2.19. The summed E-state index contributed by atoms with van der Waals surface area (Å²) in [5.41, 5.74) is 3.86. The number of thiazole rings is 1. The third kappa shape index (κ3) is 2.27. The van der Waals surface area contributed by atoms with Gasteiger partial charge in [0.05, 0.1) is 5.69 Å². The molecule has 0 bridgehead atoms. The Labute approximate surface area is 127 Å². The maximum Gasteiger partial charge on any atom is 0.281 e. The molecule has 110 valence electrons. The van der Waals surface area contributed by atoms with E-state index in [-0.39, 0.29) is 5.91 Å². The fourth-order valence-electron chi connectivity index (χ4n) is 2.97. The average molecular weight is 302 g/mol. The first-order valence-electron chi connectivity index (χ1n) is 7.56. The van der Waals surface area contributed by atoms with Crippen molar-refractivity contribution in [3.8, 4) is 0 Å². The van der Waals surface area contributed by atoms with Crippen LogP contribution in [0.2, 0.25) is 0 Å². The van der Waals surface area contributed by atoms with Crippen molar-refractivity contribution in [1.29, 1.82) is 0 Å². The van der Waals surface area contributed by atoms with Gasteiger partial charge in [-0.25, -0.2) is 4.98 Å². The van der Waals surface area contributed by atoms with Crippen LogP contribution in [0.25, 0.3) is 0 Å². The fourth-order valence-corrected chi connectivity index (χ4v) is 3.84. The van der Waals surface area contributed by atoms with Crippen molar-refractivity contribution in [2.75, 3.05) is 4.90 Å². The number of fused-ring (bicyclic) bond motifs is 1. The van der Waals surface area contributed by atoms with Gasteiger partial charge in [-0.1, -0.05) is 0 Å². The summed E-state index contributed by atoms with van der Waals surface area (Å²) in [5, 5.41) is 10.2. The largest absolute Gasteiger partial charge is 0.281 e. The number of carbonyl (C=O) groups is 1. The zero-order chi connectivity index (χ0) is 14.4. The molecule has 0 aromatic carbocycles. The van der Waals surface area contributed by atoms with Gasteiger partial charge >= 0.3 is 0 Å². The molecule has 5 nitrogen and oxygen atoms in total. The number of hydrogen-bond acceptors (Lipinski definition) is 4. The van der Waals surface area contributed by atoms with E-state index in [0.29, 0.717) is 11.7 Å². The van der Waals surface area contributed by atoms with E-state index in [1.807, 2.05) is 17.2 Å². The molecule has 2 aromatic heterocycles. The molecule has 0 saturated heterocycles. The molecule has 0 aliphatic heterocycles. The highest BCUT2D eigenvalue weighted by molar-refractivity contribution is 7.14. The van der Waals surface area contributed by atoms with E-state index < -0.39 is 0 Å². The predicted octanol–water partition coefficient (Wildman–Crippen LogP) is 2.86. The van der Waals surface area contributed by atoms with E-state index in [4.69, 9.17) is 0 Å². The summed E-state index contributed by atoms with van der Waals surface area (Å²) in [5.74, 6) is 0.0197. The van der Waals surface area contributed by atoms with Crippen LogP contribution in [-0.4, -0.2) is 27.1 Å². The third-order valence-electron chi connectivity index (χ3n) is 4.20. The summed E-state index contributed by atoms with van der Waals surface area (Å²) >= 11 is 1.54. The molecular weight excluding hydrogens is 284 g/mol. The van der Waals surface area contributed by atoms with Gasteiger partial charge in [-0.05, 0) is 45.4 Å². The summed E-state index contributed by atoms with van der Waals surface area (Å²) < 4.78 is 0. The van der Waals surface area contributed by atoms with Crippen LogP contribution >= 0.6 is 11.3 Å². The van der Waals surface area contributed by atoms with Gasteiger partial charge in [0.25, 0.3) is 5.91 Å². The summed E-state index contributed by atoms with van der Waals surface area (Å²) in [6.07, 6.45) is 6.43. The molecule has 0 spiro atoms. The van der Waals surface area contributed by atoms with Crippen LogP contribution in [0.1, 0.15) is 53.1 Å². The van der Waals surface area contributed by atoms with E-state index in [1.165, 1.54) is 6.42 Å². The maximum atomic E-state index is 13.0. The first-order valence-corrected chi connectivity index (χ1v) is 8.44. The van der Waals surface area contributed by atoms with Gasteiger partial charge < -0.3 is 0 Å². The number of hydrogen-bond donors (Lipinski definition) is 1. The normalized spacial score (nSPS) is 17.6. The van der Waals surface area contributed by atoms with Crippen LogP contribution in [0.4, 0.5) is 5.13 Å². The summed E-state index contributed by atoms with van der Waals surface area (Å²) in [7, 11) is 0. The maximum absolute atomic E-state index is 13.0. The molecule has 1 fully saturated rings. The number of amides is 1. The van der Waals surface area contributed by atoms with E-state index in [0.717, 1.165) is 54.2 Å². The van der Waals surface area contributed by atoms with Gasteiger partial charge in [-0.2, -0.15) is 5.10 Å². The number of nitrogens with zero attached hydrogens (tertiary/aromatic N) is 3. The topological polar surface area (TPSA) is 61.9 Å². The molecule has 0 unspecified atom stereocenters. The van der Waals surface area contributed by atoms with Gasteiger partial charge in [0.2, 0.25) is 0 Å². The highest BCUT2D eigenvalue weighted by atomic mass is 32.1. The lowest BCUT2D eigenvalue weighted by atomic mass is 9.95. The van der Waals surface area contributed by atoms with E-state index in [2.05, 4.69) is 15.2 Å². The Morgan fingerprint density at radius 3 is 2.90 bits per heavy atom. The van der Waals surface area contributed by atoms with Gasteiger partial charge in [-0.3, -0.25) is 14.8 Å². The van der Waals surface area contributed by atoms with Crippen molar-refractivity contribution >= 4 is 22.4 Å². The molecule has 2 aromatic rings. The number of aromatic nitrogens is 3. The summed E-state index contributed by atoms with van der Waals surface area (Å²) in [4.78, 5) is 19.3. The van der Waals surface area contributed by atoms with Gasteiger partial charge in [0.15, 0.2) is 10.8 Å².